The minimum Gasteiger partial charge on any atom is -0.397 e. The highest BCUT2D eigenvalue weighted by molar-refractivity contribution is 9.10. The topological polar surface area (TPSA) is 59.2 Å². The zero-order valence-corrected chi connectivity index (χ0v) is 16.9. The van der Waals surface area contributed by atoms with Crippen LogP contribution in [0.5, 0.6) is 0 Å². The van der Waals surface area contributed by atoms with E-state index in [1.165, 1.54) is 11.3 Å². The summed E-state index contributed by atoms with van der Waals surface area (Å²) in [6.07, 6.45) is 0. The Balaban J connectivity index is 2.23. The molecule has 3 rings (SSSR count). The predicted molar refractivity (Wildman–Crippen MR) is 109 cm³/mol. The van der Waals surface area contributed by atoms with Gasteiger partial charge < -0.3 is 10.6 Å². The van der Waals surface area contributed by atoms with Gasteiger partial charge in [0.1, 0.15) is 9.71 Å². The second kappa shape index (κ2) is 7.14. The highest BCUT2D eigenvalue weighted by Crippen LogP contribution is 2.40. The fraction of sp³-hybridized carbons (Fsp3) is 0.263. The van der Waals surface area contributed by atoms with Gasteiger partial charge in [0.15, 0.2) is 0 Å². The molecule has 0 unspecified atom stereocenters. The Morgan fingerprint density at radius 3 is 2.48 bits per heavy atom. The fourth-order valence-electron chi connectivity index (χ4n) is 2.91. The van der Waals surface area contributed by atoms with Crippen LogP contribution in [-0.2, 0) is 0 Å². The number of rotatable bonds is 4. The van der Waals surface area contributed by atoms with E-state index in [1.807, 2.05) is 51.1 Å². The highest BCUT2D eigenvalue weighted by atomic mass is 79.9. The zero-order valence-electron chi connectivity index (χ0n) is 14.5. The number of halogens is 1. The zero-order chi connectivity index (χ0) is 18.1. The first kappa shape index (κ1) is 17.9. The number of nitrogens with zero attached hydrogens (tertiary/aromatic N) is 2. The first-order chi connectivity index (χ1) is 12.0. The summed E-state index contributed by atoms with van der Waals surface area (Å²) in [5, 5.41) is 0.869. The number of nitrogen functional groups attached to an aromatic ring is 1. The molecule has 0 saturated heterocycles. The number of thiophene rings is 1. The number of aromatic nitrogens is 1. The van der Waals surface area contributed by atoms with Gasteiger partial charge >= 0.3 is 0 Å². The molecule has 1 aromatic carbocycles. The van der Waals surface area contributed by atoms with Crippen LogP contribution in [0, 0.1) is 6.92 Å². The lowest BCUT2D eigenvalue weighted by molar-refractivity contribution is 0.0779. The summed E-state index contributed by atoms with van der Waals surface area (Å²) in [5.74, 6) is -0.0232. The molecule has 130 valence electrons. The summed E-state index contributed by atoms with van der Waals surface area (Å²) in [4.78, 5) is 20.6. The van der Waals surface area contributed by atoms with E-state index in [-0.39, 0.29) is 5.91 Å². The number of amides is 1. The molecule has 0 aliphatic carbocycles. The monoisotopic (exact) mass is 417 g/mol. The average molecular weight is 418 g/mol. The molecular weight excluding hydrogens is 398 g/mol. The SMILES string of the molecule is CCN(CC)C(=O)c1sc2nc(C)cc(-c3ccc(Br)cc3)c2c1N. The summed E-state index contributed by atoms with van der Waals surface area (Å²) in [6, 6.07) is 10.1. The normalized spacial score (nSPS) is 11.0. The molecule has 0 saturated carbocycles. The number of carbonyl (C=O) groups excluding carboxylic acids is 1. The van der Waals surface area contributed by atoms with E-state index in [4.69, 9.17) is 5.73 Å². The number of carbonyl (C=O) groups is 1. The van der Waals surface area contributed by atoms with Crippen molar-refractivity contribution in [2.75, 3.05) is 18.8 Å². The Bertz CT molecular complexity index is 930. The number of pyridine rings is 1. The third-order valence-electron chi connectivity index (χ3n) is 4.23. The maximum absolute atomic E-state index is 12.8. The van der Waals surface area contributed by atoms with Gasteiger partial charge in [0.2, 0.25) is 0 Å². The lowest BCUT2D eigenvalue weighted by Gasteiger charge is -2.17. The van der Waals surface area contributed by atoms with Crippen LogP contribution in [0.1, 0.15) is 29.2 Å². The highest BCUT2D eigenvalue weighted by Gasteiger charge is 2.23. The van der Waals surface area contributed by atoms with E-state index in [2.05, 4.69) is 20.9 Å². The molecule has 2 aromatic heterocycles. The molecule has 0 atom stereocenters. The molecule has 2 N–H and O–H groups in total. The standard InChI is InChI=1S/C19H20BrN3OS/c1-4-23(5-2)19(24)17-16(21)15-14(10-11(3)22-18(15)25-17)12-6-8-13(20)9-7-12/h6-10H,4-5,21H2,1-3H3. The Hall–Kier alpha value is -1.92. The van der Waals surface area contributed by atoms with Gasteiger partial charge in [0, 0.05) is 28.6 Å². The van der Waals surface area contributed by atoms with Gasteiger partial charge in [-0.2, -0.15) is 0 Å². The first-order valence-electron chi connectivity index (χ1n) is 8.21. The van der Waals surface area contributed by atoms with E-state index in [0.717, 1.165) is 31.5 Å². The third kappa shape index (κ3) is 3.28. The van der Waals surface area contributed by atoms with Crippen molar-refractivity contribution in [2.24, 2.45) is 0 Å². The van der Waals surface area contributed by atoms with Crippen LogP contribution in [0.25, 0.3) is 21.3 Å². The van der Waals surface area contributed by atoms with Crippen molar-refractivity contribution < 1.29 is 4.79 Å². The predicted octanol–water partition coefficient (Wildman–Crippen LogP) is 5.10. The first-order valence-corrected chi connectivity index (χ1v) is 9.82. The number of fused-ring (bicyclic) bond motifs is 1. The van der Waals surface area contributed by atoms with Gasteiger partial charge in [-0.05, 0) is 50.1 Å². The molecule has 6 heteroatoms. The van der Waals surface area contributed by atoms with Gasteiger partial charge in [-0.15, -0.1) is 11.3 Å². The van der Waals surface area contributed by atoms with Gasteiger partial charge in [0.25, 0.3) is 5.91 Å². The molecule has 2 heterocycles. The quantitative estimate of drug-likeness (QED) is 0.642. The molecule has 0 fully saturated rings. The minimum atomic E-state index is -0.0232. The lowest BCUT2D eigenvalue weighted by Crippen LogP contribution is -2.30. The van der Waals surface area contributed by atoms with E-state index >= 15 is 0 Å². The van der Waals surface area contributed by atoms with Crippen LogP contribution in [0.2, 0.25) is 0 Å². The fourth-order valence-corrected chi connectivity index (χ4v) is 4.31. The Morgan fingerprint density at radius 2 is 1.88 bits per heavy atom. The molecule has 25 heavy (non-hydrogen) atoms. The van der Waals surface area contributed by atoms with Gasteiger partial charge in [0.05, 0.1) is 5.69 Å². The van der Waals surface area contributed by atoms with Crippen molar-refractivity contribution in [3.63, 3.8) is 0 Å². The molecule has 0 aliphatic heterocycles. The summed E-state index contributed by atoms with van der Waals surface area (Å²) < 4.78 is 1.02. The van der Waals surface area contributed by atoms with Crippen molar-refractivity contribution in [3.05, 3.63) is 45.4 Å². The number of nitrogens with two attached hydrogens (primary N) is 1. The van der Waals surface area contributed by atoms with Crippen LogP contribution in [0.15, 0.2) is 34.8 Å². The average Bonchev–Trinajstić information content (AvgIpc) is 2.92. The van der Waals surface area contributed by atoms with Crippen LogP contribution < -0.4 is 5.73 Å². The molecule has 1 amide bonds. The Kier molecular flexibility index (Phi) is 5.11. The lowest BCUT2D eigenvalue weighted by atomic mass is 10.0. The summed E-state index contributed by atoms with van der Waals surface area (Å²) >= 11 is 4.85. The van der Waals surface area contributed by atoms with E-state index in [9.17, 15) is 4.79 Å². The van der Waals surface area contributed by atoms with Crippen molar-refractivity contribution in [1.29, 1.82) is 0 Å². The van der Waals surface area contributed by atoms with Crippen LogP contribution in [-0.4, -0.2) is 28.9 Å². The van der Waals surface area contributed by atoms with Crippen molar-refractivity contribution >= 4 is 49.1 Å². The number of anilines is 1. The number of hydrogen-bond acceptors (Lipinski definition) is 4. The molecule has 0 bridgehead atoms. The van der Waals surface area contributed by atoms with Gasteiger partial charge in [-0.3, -0.25) is 4.79 Å². The van der Waals surface area contributed by atoms with Crippen molar-refractivity contribution in [1.82, 2.24) is 9.88 Å². The second-order valence-electron chi connectivity index (χ2n) is 5.82. The molecule has 4 nitrogen and oxygen atoms in total. The molecule has 0 aliphatic rings. The number of benzene rings is 1. The Labute approximate surface area is 159 Å². The van der Waals surface area contributed by atoms with Crippen molar-refractivity contribution in [3.8, 4) is 11.1 Å². The smallest absolute Gasteiger partial charge is 0.266 e. The van der Waals surface area contributed by atoms with Gasteiger partial charge in [-0.25, -0.2) is 4.98 Å². The van der Waals surface area contributed by atoms with Crippen LogP contribution in [0.3, 0.4) is 0 Å². The van der Waals surface area contributed by atoms with Crippen LogP contribution >= 0.6 is 27.3 Å². The summed E-state index contributed by atoms with van der Waals surface area (Å²) in [6.45, 7) is 7.23. The largest absolute Gasteiger partial charge is 0.397 e. The minimum absolute atomic E-state index is 0.0232. The van der Waals surface area contributed by atoms with E-state index < -0.39 is 0 Å². The maximum atomic E-state index is 12.8. The molecule has 3 aromatic rings. The summed E-state index contributed by atoms with van der Waals surface area (Å²) in [7, 11) is 0. The van der Waals surface area contributed by atoms with Crippen molar-refractivity contribution in [2.45, 2.75) is 20.8 Å². The maximum Gasteiger partial charge on any atom is 0.266 e. The second-order valence-corrected chi connectivity index (χ2v) is 7.74. The summed E-state index contributed by atoms with van der Waals surface area (Å²) in [5.41, 5.74) is 9.94. The number of hydrogen-bond donors (Lipinski definition) is 1. The van der Waals surface area contributed by atoms with E-state index in [0.29, 0.717) is 23.7 Å². The molecule has 0 spiro atoms. The van der Waals surface area contributed by atoms with Crippen LogP contribution in [0.4, 0.5) is 5.69 Å². The molecule has 0 radical (unpaired) electrons. The van der Waals surface area contributed by atoms with E-state index in [1.54, 1.807) is 4.90 Å². The number of aryl methyl sites for hydroxylation is 1. The Morgan fingerprint density at radius 1 is 1.24 bits per heavy atom. The molecular formula is C19H20BrN3OS. The third-order valence-corrected chi connectivity index (χ3v) is 5.84. The van der Waals surface area contributed by atoms with Gasteiger partial charge in [-0.1, -0.05) is 28.1 Å².